The SMILES string of the molecule is CNc1ccc(C(=O)Nc2cc(C)ccn2)nn1. The van der Waals surface area contributed by atoms with Crippen LogP contribution in [0.15, 0.2) is 30.5 Å². The number of aryl methyl sites for hydroxylation is 1. The number of amides is 1. The van der Waals surface area contributed by atoms with E-state index in [1.807, 2.05) is 13.0 Å². The van der Waals surface area contributed by atoms with Crippen molar-refractivity contribution in [2.24, 2.45) is 0 Å². The molecule has 0 fully saturated rings. The normalized spacial score (nSPS) is 9.89. The number of nitrogens with one attached hydrogen (secondary N) is 2. The molecule has 0 unspecified atom stereocenters. The number of rotatable bonds is 3. The lowest BCUT2D eigenvalue weighted by molar-refractivity contribution is 0.102. The van der Waals surface area contributed by atoms with E-state index in [9.17, 15) is 4.79 Å². The highest BCUT2D eigenvalue weighted by atomic mass is 16.2. The molecule has 0 aliphatic carbocycles. The average Bonchev–Trinajstić information content (AvgIpc) is 2.39. The Hall–Kier alpha value is -2.50. The van der Waals surface area contributed by atoms with Crippen LogP contribution >= 0.6 is 0 Å². The van der Waals surface area contributed by atoms with Crippen molar-refractivity contribution in [1.29, 1.82) is 0 Å². The lowest BCUT2D eigenvalue weighted by Crippen LogP contribution is -2.15. The molecule has 2 aromatic rings. The first-order valence-corrected chi connectivity index (χ1v) is 5.44. The van der Waals surface area contributed by atoms with E-state index in [4.69, 9.17) is 0 Å². The third kappa shape index (κ3) is 2.79. The Kier molecular flexibility index (Phi) is 3.47. The Balaban J connectivity index is 2.11. The van der Waals surface area contributed by atoms with Crippen molar-refractivity contribution >= 4 is 17.5 Å². The lowest BCUT2D eigenvalue weighted by Gasteiger charge is -2.04. The van der Waals surface area contributed by atoms with E-state index in [1.165, 1.54) is 0 Å². The van der Waals surface area contributed by atoms with Gasteiger partial charge in [-0.1, -0.05) is 0 Å². The molecule has 0 atom stereocenters. The van der Waals surface area contributed by atoms with E-state index in [0.717, 1.165) is 5.56 Å². The Morgan fingerprint density at radius 2 is 2.00 bits per heavy atom. The van der Waals surface area contributed by atoms with Crippen molar-refractivity contribution in [1.82, 2.24) is 15.2 Å². The predicted octanol–water partition coefficient (Wildman–Crippen LogP) is 1.47. The molecule has 0 radical (unpaired) electrons. The van der Waals surface area contributed by atoms with Crippen molar-refractivity contribution in [2.75, 3.05) is 17.7 Å². The molecule has 0 aromatic carbocycles. The fourth-order valence-corrected chi connectivity index (χ4v) is 1.37. The molecule has 2 aromatic heterocycles. The second-order valence-corrected chi connectivity index (χ2v) is 3.73. The maximum Gasteiger partial charge on any atom is 0.277 e. The first-order chi connectivity index (χ1) is 8.69. The molecular formula is C12H13N5O. The first-order valence-electron chi connectivity index (χ1n) is 5.44. The zero-order chi connectivity index (χ0) is 13.0. The van der Waals surface area contributed by atoms with Gasteiger partial charge in [0.2, 0.25) is 0 Å². The van der Waals surface area contributed by atoms with E-state index in [-0.39, 0.29) is 11.6 Å². The predicted molar refractivity (Wildman–Crippen MR) is 68.5 cm³/mol. The van der Waals surface area contributed by atoms with Crippen LogP contribution in [0.1, 0.15) is 16.1 Å². The summed E-state index contributed by atoms with van der Waals surface area (Å²) in [6.07, 6.45) is 1.64. The average molecular weight is 243 g/mol. The van der Waals surface area contributed by atoms with E-state index >= 15 is 0 Å². The van der Waals surface area contributed by atoms with Crippen LogP contribution in [-0.4, -0.2) is 28.1 Å². The summed E-state index contributed by atoms with van der Waals surface area (Å²) >= 11 is 0. The van der Waals surface area contributed by atoms with E-state index in [1.54, 1.807) is 31.4 Å². The first kappa shape index (κ1) is 12.0. The van der Waals surface area contributed by atoms with Gasteiger partial charge in [0.1, 0.15) is 11.6 Å². The highest BCUT2D eigenvalue weighted by Gasteiger charge is 2.08. The van der Waals surface area contributed by atoms with E-state index in [0.29, 0.717) is 11.6 Å². The number of pyridine rings is 1. The fraction of sp³-hybridized carbons (Fsp3) is 0.167. The Labute approximate surface area is 104 Å². The maximum absolute atomic E-state index is 11.9. The quantitative estimate of drug-likeness (QED) is 0.853. The molecule has 6 heteroatoms. The maximum atomic E-state index is 11.9. The van der Waals surface area contributed by atoms with Gasteiger partial charge in [0, 0.05) is 13.2 Å². The molecule has 0 aliphatic heterocycles. The number of aromatic nitrogens is 3. The minimum Gasteiger partial charge on any atom is -0.372 e. The Morgan fingerprint density at radius 1 is 1.17 bits per heavy atom. The summed E-state index contributed by atoms with van der Waals surface area (Å²) in [6, 6.07) is 6.93. The van der Waals surface area contributed by atoms with Crippen molar-refractivity contribution in [3.8, 4) is 0 Å². The summed E-state index contributed by atoms with van der Waals surface area (Å²) in [5.74, 6) is 0.781. The van der Waals surface area contributed by atoms with Crippen molar-refractivity contribution in [3.63, 3.8) is 0 Å². The molecule has 0 saturated carbocycles. The number of nitrogens with zero attached hydrogens (tertiary/aromatic N) is 3. The van der Waals surface area contributed by atoms with E-state index < -0.39 is 0 Å². The van der Waals surface area contributed by atoms with Crippen LogP contribution in [0.25, 0.3) is 0 Å². The van der Waals surface area contributed by atoms with Gasteiger partial charge in [0.05, 0.1) is 0 Å². The number of hydrogen-bond donors (Lipinski definition) is 2. The van der Waals surface area contributed by atoms with Crippen molar-refractivity contribution < 1.29 is 4.79 Å². The Morgan fingerprint density at radius 3 is 2.61 bits per heavy atom. The smallest absolute Gasteiger partial charge is 0.277 e. The number of hydrogen-bond acceptors (Lipinski definition) is 5. The number of carbonyl (C=O) groups is 1. The van der Waals surface area contributed by atoms with Gasteiger partial charge in [-0.05, 0) is 36.8 Å². The summed E-state index contributed by atoms with van der Waals surface area (Å²) in [5.41, 5.74) is 1.27. The molecule has 92 valence electrons. The summed E-state index contributed by atoms with van der Waals surface area (Å²) in [5, 5.41) is 13.1. The minimum absolute atomic E-state index is 0.248. The van der Waals surface area contributed by atoms with Gasteiger partial charge in [-0.3, -0.25) is 4.79 Å². The van der Waals surface area contributed by atoms with Gasteiger partial charge in [-0.2, -0.15) is 0 Å². The summed E-state index contributed by atoms with van der Waals surface area (Å²) in [7, 11) is 1.74. The molecule has 2 rings (SSSR count). The number of carbonyl (C=O) groups excluding carboxylic acids is 1. The van der Waals surface area contributed by atoms with Crippen LogP contribution in [0, 0.1) is 6.92 Å². The highest BCUT2D eigenvalue weighted by Crippen LogP contribution is 2.07. The molecular weight excluding hydrogens is 230 g/mol. The van der Waals surface area contributed by atoms with Gasteiger partial charge in [0.25, 0.3) is 5.91 Å². The third-order valence-electron chi connectivity index (χ3n) is 2.31. The van der Waals surface area contributed by atoms with Crippen LogP contribution in [0.4, 0.5) is 11.6 Å². The fourth-order valence-electron chi connectivity index (χ4n) is 1.37. The molecule has 0 bridgehead atoms. The zero-order valence-electron chi connectivity index (χ0n) is 10.1. The van der Waals surface area contributed by atoms with E-state index in [2.05, 4.69) is 25.8 Å². The molecule has 18 heavy (non-hydrogen) atoms. The van der Waals surface area contributed by atoms with Gasteiger partial charge >= 0.3 is 0 Å². The van der Waals surface area contributed by atoms with Crippen LogP contribution in [0.3, 0.4) is 0 Å². The van der Waals surface area contributed by atoms with Crippen molar-refractivity contribution in [2.45, 2.75) is 6.92 Å². The summed E-state index contributed by atoms with van der Waals surface area (Å²) in [4.78, 5) is 15.9. The van der Waals surface area contributed by atoms with Crippen LogP contribution in [-0.2, 0) is 0 Å². The van der Waals surface area contributed by atoms with Gasteiger partial charge < -0.3 is 10.6 Å². The summed E-state index contributed by atoms with van der Waals surface area (Å²) < 4.78 is 0. The second-order valence-electron chi connectivity index (χ2n) is 3.73. The van der Waals surface area contributed by atoms with Gasteiger partial charge in [-0.15, -0.1) is 10.2 Å². The minimum atomic E-state index is -0.330. The molecule has 0 spiro atoms. The molecule has 0 saturated heterocycles. The second kappa shape index (κ2) is 5.22. The highest BCUT2D eigenvalue weighted by molar-refractivity contribution is 6.02. The zero-order valence-corrected chi connectivity index (χ0v) is 10.1. The number of anilines is 2. The van der Waals surface area contributed by atoms with Crippen LogP contribution < -0.4 is 10.6 Å². The third-order valence-corrected chi connectivity index (χ3v) is 2.31. The molecule has 6 nitrogen and oxygen atoms in total. The largest absolute Gasteiger partial charge is 0.372 e. The summed E-state index contributed by atoms with van der Waals surface area (Å²) in [6.45, 7) is 1.93. The topological polar surface area (TPSA) is 79.8 Å². The van der Waals surface area contributed by atoms with Crippen LogP contribution in [0.2, 0.25) is 0 Å². The molecule has 0 aliphatic rings. The molecule has 1 amide bonds. The lowest BCUT2D eigenvalue weighted by atomic mass is 10.3. The Bertz CT molecular complexity index is 553. The van der Waals surface area contributed by atoms with Crippen LogP contribution in [0.5, 0.6) is 0 Å². The van der Waals surface area contributed by atoms with Gasteiger partial charge in [0.15, 0.2) is 5.69 Å². The molecule has 2 N–H and O–H groups in total. The monoisotopic (exact) mass is 243 g/mol. The van der Waals surface area contributed by atoms with Gasteiger partial charge in [-0.25, -0.2) is 4.98 Å². The molecule has 2 heterocycles. The standard InChI is InChI=1S/C12H13N5O/c1-8-5-6-14-11(7-8)15-12(18)9-3-4-10(13-2)17-16-9/h3-7H,1-2H3,(H,13,17)(H,14,15,18). The van der Waals surface area contributed by atoms with Crippen molar-refractivity contribution in [3.05, 3.63) is 41.7 Å².